The molecule has 154 valence electrons. The first-order valence-corrected chi connectivity index (χ1v) is 10.1. The molecule has 4 aromatic rings. The number of rotatable bonds is 4. The van der Waals surface area contributed by atoms with E-state index in [1.54, 1.807) is 24.0 Å². The lowest BCUT2D eigenvalue weighted by molar-refractivity contribution is -0.117. The molecule has 1 saturated heterocycles. The van der Waals surface area contributed by atoms with Crippen LogP contribution in [0.5, 0.6) is 0 Å². The maximum atomic E-state index is 13.4. The van der Waals surface area contributed by atoms with Crippen LogP contribution in [0.25, 0.3) is 22.4 Å². The van der Waals surface area contributed by atoms with Gasteiger partial charge in [-0.3, -0.25) is 9.59 Å². The molecule has 2 aromatic carbocycles. The molecule has 0 radical (unpaired) electrons. The zero-order valence-electron chi connectivity index (χ0n) is 17.0. The van der Waals surface area contributed by atoms with E-state index >= 15 is 0 Å². The molecule has 0 bridgehead atoms. The van der Waals surface area contributed by atoms with E-state index < -0.39 is 0 Å². The van der Waals surface area contributed by atoms with Gasteiger partial charge in [-0.25, -0.2) is 4.98 Å². The monoisotopic (exact) mass is 412 g/mol. The molecule has 31 heavy (non-hydrogen) atoms. The maximum Gasteiger partial charge on any atom is 0.259 e. The van der Waals surface area contributed by atoms with Gasteiger partial charge < -0.3 is 14.7 Å². The summed E-state index contributed by atoms with van der Waals surface area (Å²) in [7, 11) is 0. The van der Waals surface area contributed by atoms with Crippen LogP contribution < -0.4 is 10.2 Å². The van der Waals surface area contributed by atoms with E-state index in [4.69, 9.17) is 4.52 Å². The zero-order valence-corrected chi connectivity index (χ0v) is 17.0. The second-order valence-corrected chi connectivity index (χ2v) is 7.49. The third-order valence-corrected chi connectivity index (χ3v) is 5.45. The van der Waals surface area contributed by atoms with Crippen LogP contribution in [0.1, 0.15) is 28.9 Å². The molecule has 0 atom stereocenters. The Bertz CT molecular complexity index is 1300. The molecule has 1 fully saturated rings. The lowest BCUT2D eigenvalue weighted by atomic mass is 10.0. The lowest BCUT2D eigenvalue weighted by Gasteiger charge is -2.20. The molecule has 7 heteroatoms. The Balaban J connectivity index is 1.57. The Morgan fingerprint density at radius 2 is 1.87 bits per heavy atom. The van der Waals surface area contributed by atoms with Crippen molar-refractivity contribution in [2.24, 2.45) is 0 Å². The number of aromatic nitrogens is 2. The number of carbonyl (C=O) groups is 2. The minimum Gasteiger partial charge on any atom is -0.335 e. The van der Waals surface area contributed by atoms with Crippen LogP contribution in [-0.4, -0.2) is 28.5 Å². The van der Waals surface area contributed by atoms with Gasteiger partial charge in [0.15, 0.2) is 0 Å². The van der Waals surface area contributed by atoms with Gasteiger partial charge in [-0.05, 0) is 31.5 Å². The fourth-order valence-corrected chi connectivity index (χ4v) is 3.94. The highest BCUT2D eigenvalue weighted by atomic mass is 16.5. The van der Waals surface area contributed by atoms with Crippen LogP contribution in [0, 0.1) is 6.92 Å². The molecule has 0 saturated carbocycles. The van der Waals surface area contributed by atoms with E-state index in [0.717, 1.165) is 12.0 Å². The number of para-hydroxylation sites is 2. The smallest absolute Gasteiger partial charge is 0.259 e. The molecule has 0 unspecified atom stereocenters. The van der Waals surface area contributed by atoms with Gasteiger partial charge in [0, 0.05) is 18.5 Å². The largest absolute Gasteiger partial charge is 0.335 e. The first-order chi connectivity index (χ1) is 15.1. The van der Waals surface area contributed by atoms with Gasteiger partial charge in [0.05, 0.1) is 33.7 Å². The predicted molar refractivity (Wildman–Crippen MR) is 118 cm³/mol. The minimum absolute atomic E-state index is 0.0641. The fraction of sp³-hybridized carbons (Fsp3) is 0.167. The predicted octanol–water partition coefficient (Wildman–Crippen LogP) is 4.58. The fourth-order valence-electron chi connectivity index (χ4n) is 3.94. The number of hydrogen-bond acceptors (Lipinski definition) is 5. The summed E-state index contributed by atoms with van der Waals surface area (Å²) in [5, 5.41) is 7.56. The summed E-state index contributed by atoms with van der Waals surface area (Å²) in [4.78, 5) is 31.9. The van der Waals surface area contributed by atoms with Crippen LogP contribution in [0.3, 0.4) is 0 Å². The number of amides is 2. The van der Waals surface area contributed by atoms with Gasteiger partial charge in [0.2, 0.25) is 5.91 Å². The molecule has 0 aliphatic carbocycles. The summed E-state index contributed by atoms with van der Waals surface area (Å²) in [6, 6.07) is 18.7. The van der Waals surface area contributed by atoms with E-state index in [1.165, 1.54) is 0 Å². The van der Waals surface area contributed by atoms with Crippen LogP contribution in [0.2, 0.25) is 0 Å². The number of nitrogens with one attached hydrogen (secondary N) is 1. The second kappa shape index (κ2) is 7.68. The summed E-state index contributed by atoms with van der Waals surface area (Å²) in [6.45, 7) is 2.43. The van der Waals surface area contributed by atoms with E-state index in [-0.39, 0.29) is 11.8 Å². The first kappa shape index (κ1) is 19.0. The summed E-state index contributed by atoms with van der Waals surface area (Å²) < 4.78 is 5.38. The third-order valence-electron chi connectivity index (χ3n) is 5.45. The van der Waals surface area contributed by atoms with Gasteiger partial charge in [0.25, 0.3) is 11.6 Å². The van der Waals surface area contributed by atoms with Gasteiger partial charge in [-0.1, -0.05) is 47.6 Å². The highest BCUT2D eigenvalue weighted by Crippen LogP contribution is 2.31. The summed E-state index contributed by atoms with van der Waals surface area (Å²) in [5.74, 6) is -0.246. The Morgan fingerprint density at radius 1 is 1.10 bits per heavy atom. The van der Waals surface area contributed by atoms with Crippen LogP contribution in [-0.2, 0) is 4.79 Å². The number of pyridine rings is 1. The van der Waals surface area contributed by atoms with Crippen LogP contribution in [0.4, 0.5) is 11.4 Å². The van der Waals surface area contributed by atoms with Crippen molar-refractivity contribution in [2.75, 3.05) is 16.8 Å². The van der Waals surface area contributed by atoms with Crippen molar-refractivity contribution in [1.29, 1.82) is 0 Å². The van der Waals surface area contributed by atoms with Crippen molar-refractivity contribution in [1.82, 2.24) is 10.1 Å². The van der Waals surface area contributed by atoms with Gasteiger partial charge in [-0.2, -0.15) is 0 Å². The Hall–Kier alpha value is -4.00. The average Bonchev–Trinajstić information content (AvgIpc) is 3.39. The molecular weight excluding hydrogens is 392 g/mol. The van der Waals surface area contributed by atoms with E-state index in [0.29, 0.717) is 52.4 Å². The molecule has 3 heterocycles. The number of carbonyl (C=O) groups excluding carboxylic acids is 2. The first-order valence-electron chi connectivity index (χ1n) is 10.1. The van der Waals surface area contributed by atoms with E-state index in [1.807, 2.05) is 48.5 Å². The number of fused-ring (bicyclic) bond motifs is 1. The molecule has 5 rings (SSSR count). The molecule has 1 N–H and O–H groups in total. The molecule has 1 aliphatic heterocycles. The molecular formula is C24H20N4O3. The number of benzene rings is 2. The Kier molecular flexibility index (Phi) is 4.71. The number of hydrogen-bond donors (Lipinski definition) is 1. The quantitative estimate of drug-likeness (QED) is 0.530. The third kappa shape index (κ3) is 3.44. The van der Waals surface area contributed by atoms with Crippen molar-refractivity contribution in [3.8, 4) is 11.3 Å². The van der Waals surface area contributed by atoms with Crippen molar-refractivity contribution in [3.63, 3.8) is 0 Å². The molecule has 2 aromatic heterocycles. The summed E-state index contributed by atoms with van der Waals surface area (Å²) >= 11 is 0. The van der Waals surface area contributed by atoms with E-state index in [2.05, 4.69) is 15.5 Å². The Labute approximate surface area is 178 Å². The molecule has 1 aliphatic rings. The zero-order chi connectivity index (χ0) is 21.4. The molecule has 2 amide bonds. The maximum absolute atomic E-state index is 13.4. The molecule has 7 nitrogen and oxygen atoms in total. The normalized spacial score (nSPS) is 13.7. The molecule has 0 spiro atoms. The summed E-state index contributed by atoms with van der Waals surface area (Å²) in [5.41, 5.74) is 4.11. The average molecular weight is 412 g/mol. The van der Waals surface area contributed by atoms with Crippen molar-refractivity contribution >= 4 is 34.3 Å². The topological polar surface area (TPSA) is 88.3 Å². The van der Waals surface area contributed by atoms with Crippen LogP contribution in [0.15, 0.2) is 65.2 Å². The standard InChI is InChI=1S/C24H20N4O3/c1-15-22-17(14-19(26-24(22)31-27-15)16-8-3-2-4-9-16)23(30)25-18-10-5-6-11-20(18)28-13-7-12-21(28)29/h2-6,8-11,14H,7,12-13H2,1H3,(H,25,30). The number of nitrogens with zero attached hydrogens (tertiary/aromatic N) is 3. The SMILES string of the molecule is Cc1noc2nc(-c3ccccc3)cc(C(=O)Nc3ccccc3N3CCCC3=O)c12. The van der Waals surface area contributed by atoms with Crippen molar-refractivity contribution < 1.29 is 14.1 Å². The lowest BCUT2D eigenvalue weighted by Crippen LogP contribution is -2.25. The van der Waals surface area contributed by atoms with Gasteiger partial charge >= 0.3 is 0 Å². The van der Waals surface area contributed by atoms with Crippen LogP contribution >= 0.6 is 0 Å². The van der Waals surface area contributed by atoms with Gasteiger partial charge in [-0.15, -0.1) is 0 Å². The minimum atomic E-state index is -0.310. The number of anilines is 2. The number of aryl methyl sites for hydroxylation is 1. The Morgan fingerprint density at radius 3 is 2.65 bits per heavy atom. The van der Waals surface area contributed by atoms with Crippen molar-refractivity contribution in [2.45, 2.75) is 19.8 Å². The second-order valence-electron chi connectivity index (χ2n) is 7.49. The van der Waals surface area contributed by atoms with Crippen molar-refractivity contribution in [3.05, 3.63) is 71.9 Å². The van der Waals surface area contributed by atoms with E-state index in [9.17, 15) is 9.59 Å². The highest BCUT2D eigenvalue weighted by Gasteiger charge is 2.25. The summed E-state index contributed by atoms with van der Waals surface area (Å²) in [6.07, 6.45) is 1.33. The highest BCUT2D eigenvalue weighted by molar-refractivity contribution is 6.14. The van der Waals surface area contributed by atoms with Gasteiger partial charge in [0.1, 0.15) is 0 Å².